The largest absolute Gasteiger partial charge is 0.372 e. The Balaban J connectivity index is 2.38. The summed E-state index contributed by atoms with van der Waals surface area (Å²) in [6.07, 6.45) is 4.16. The summed E-state index contributed by atoms with van der Waals surface area (Å²) in [6.45, 7) is 9.00. The van der Waals surface area contributed by atoms with Crippen molar-refractivity contribution in [2.75, 3.05) is 5.33 Å². The number of ether oxygens (including phenoxy) is 1. The number of rotatable bonds is 4. The van der Waals surface area contributed by atoms with Crippen LogP contribution in [0.3, 0.4) is 0 Å². The monoisotopic (exact) mass is 262 g/mol. The number of alkyl halides is 1. The van der Waals surface area contributed by atoms with Crippen LogP contribution in [-0.4, -0.2) is 17.0 Å². The lowest BCUT2D eigenvalue weighted by atomic mass is 9.91. The quantitative estimate of drug-likeness (QED) is 0.696. The number of hydrogen-bond acceptors (Lipinski definition) is 1. The molecule has 0 N–H and O–H groups in total. The van der Waals surface area contributed by atoms with E-state index in [1.54, 1.807) is 0 Å². The van der Waals surface area contributed by atoms with Gasteiger partial charge in [-0.3, -0.25) is 0 Å². The molecule has 0 amide bonds. The second kappa shape index (κ2) is 4.98. The van der Waals surface area contributed by atoms with Gasteiger partial charge in [-0.2, -0.15) is 0 Å². The van der Waals surface area contributed by atoms with E-state index in [-0.39, 0.29) is 5.60 Å². The molecule has 84 valence electrons. The summed E-state index contributed by atoms with van der Waals surface area (Å²) in [5, 5.41) is 1.10. The summed E-state index contributed by atoms with van der Waals surface area (Å²) < 4.78 is 6.01. The molecule has 2 heteroatoms. The molecule has 0 aromatic heterocycles. The first-order valence-corrected chi connectivity index (χ1v) is 6.80. The fourth-order valence-corrected chi connectivity index (χ4v) is 3.11. The third-order valence-electron chi connectivity index (χ3n) is 3.26. The zero-order valence-electron chi connectivity index (χ0n) is 9.85. The average Bonchev–Trinajstić information content (AvgIpc) is 2.41. The maximum atomic E-state index is 6.01. The van der Waals surface area contributed by atoms with Crippen LogP contribution in [0.4, 0.5) is 0 Å². The van der Waals surface area contributed by atoms with Crippen LogP contribution < -0.4 is 0 Å². The first kappa shape index (κ1) is 12.5. The average molecular weight is 263 g/mol. The second-order valence-electron chi connectivity index (χ2n) is 5.43. The topological polar surface area (TPSA) is 9.23 Å². The molecule has 0 aromatic rings. The molecular weight excluding hydrogens is 240 g/mol. The van der Waals surface area contributed by atoms with Crippen LogP contribution in [0.1, 0.15) is 47.0 Å². The summed E-state index contributed by atoms with van der Waals surface area (Å²) in [4.78, 5) is 0. The minimum Gasteiger partial charge on any atom is -0.372 e. The third kappa shape index (κ3) is 3.54. The molecule has 0 spiro atoms. The lowest BCUT2D eigenvalue weighted by Crippen LogP contribution is -2.23. The Hall–Kier alpha value is 0.440. The minimum atomic E-state index is 0.124. The van der Waals surface area contributed by atoms with Gasteiger partial charge in [-0.1, -0.05) is 29.8 Å². The van der Waals surface area contributed by atoms with Gasteiger partial charge in [-0.15, -0.1) is 0 Å². The summed E-state index contributed by atoms with van der Waals surface area (Å²) in [5.74, 6) is 1.51. The molecule has 0 saturated carbocycles. The van der Waals surface area contributed by atoms with Gasteiger partial charge in [0.05, 0.1) is 11.7 Å². The molecule has 1 heterocycles. The van der Waals surface area contributed by atoms with Crippen molar-refractivity contribution in [3.05, 3.63) is 0 Å². The lowest BCUT2D eigenvalue weighted by molar-refractivity contribution is -0.0256. The van der Waals surface area contributed by atoms with Crippen LogP contribution in [0.2, 0.25) is 0 Å². The summed E-state index contributed by atoms with van der Waals surface area (Å²) >= 11 is 3.60. The standard InChI is InChI=1S/C12H23BrO/c1-9(2)10(8-13)7-11-5-6-12(3,4)14-11/h9-11H,5-8H2,1-4H3. The molecule has 0 aliphatic carbocycles. The van der Waals surface area contributed by atoms with Crippen LogP contribution in [0.25, 0.3) is 0 Å². The molecule has 2 atom stereocenters. The fraction of sp³-hybridized carbons (Fsp3) is 1.00. The van der Waals surface area contributed by atoms with Crippen LogP contribution in [0.5, 0.6) is 0 Å². The molecule has 1 nitrogen and oxygen atoms in total. The highest BCUT2D eigenvalue weighted by molar-refractivity contribution is 9.09. The van der Waals surface area contributed by atoms with Crippen LogP contribution in [0.15, 0.2) is 0 Å². The Bertz CT molecular complexity index is 177. The van der Waals surface area contributed by atoms with E-state index in [0.29, 0.717) is 6.10 Å². The predicted octanol–water partition coefficient (Wildman–Crippen LogP) is 4.00. The van der Waals surface area contributed by atoms with Crippen molar-refractivity contribution in [2.45, 2.75) is 58.7 Å². The summed E-state index contributed by atoms with van der Waals surface area (Å²) in [6, 6.07) is 0. The van der Waals surface area contributed by atoms with Crippen molar-refractivity contribution >= 4 is 15.9 Å². The summed E-state index contributed by atoms with van der Waals surface area (Å²) in [5.41, 5.74) is 0.124. The molecule has 14 heavy (non-hydrogen) atoms. The van der Waals surface area contributed by atoms with Crippen LogP contribution in [0, 0.1) is 11.8 Å². The smallest absolute Gasteiger partial charge is 0.0631 e. The SMILES string of the molecule is CC(C)C(CBr)CC1CCC(C)(C)O1. The van der Waals surface area contributed by atoms with Gasteiger partial charge in [0, 0.05) is 5.33 Å². The van der Waals surface area contributed by atoms with Gasteiger partial charge >= 0.3 is 0 Å². The molecule has 1 aliphatic heterocycles. The van der Waals surface area contributed by atoms with Crippen LogP contribution >= 0.6 is 15.9 Å². The molecule has 0 aromatic carbocycles. The molecule has 0 bridgehead atoms. The highest BCUT2D eigenvalue weighted by Gasteiger charge is 2.33. The first-order chi connectivity index (χ1) is 6.44. The van der Waals surface area contributed by atoms with Gasteiger partial charge in [0.1, 0.15) is 0 Å². The Kier molecular flexibility index (Phi) is 4.45. The number of halogens is 1. The van der Waals surface area contributed by atoms with Gasteiger partial charge < -0.3 is 4.74 Å². The van der Waals surface area contributed by atoms with E-state index in [1.807, 2.05) is 0 Å². The van der Waals surface area contributed by atoms with Gasteiger partial charge in [0.25, 0.3) is 0 Å². The van der Waals surface area contributed by atoms with E-state index in [2.05, 4.69) is 43.6 Å². The zero-order chi connectivity index (χ0) is 10.8. The Morgan fingerprint density at radius 2 is 2.07 bits per heavy atom. The van der Waals surface area contributed by atoms with E-state index in [9.17, 15) is 0 Å². The normalized spacial score (nSPS) is 28.3. The Labute approximate surface area is 96.7 Å². The van der Waals surface area contributed by atoms with E-state index in [0.717, 1.165) is 17.2 Å². The maximum Gasteiger partial charge on any atom is 0.0631 e. The van der Waals surface area contributed by atoms with E-state index >= 15 is 0 Å². The highest BCUT2D eigenvalue weighted by atomic mass is 79.9. The van der Waals surface area contributed by atoms with Crippen LogP contribution in [-0.2, 0) is 4.74 Å². The fourth-order valence-electron chi connectivity index (χ4n) is 2.09. The van der Waals surface area contributed by atoms with Gasteiger partial charge in [0.15, 0.2) is 0 Å². The van der Waals surface area contributed by atoms with E-state index in [4.69, 9.17) is 4.74 Å². The molecule has 1 fully saturated rings. The van der Waals surface area contributed by atoms with Crippen molar-refractivity contribution in [2.24, 2.45) is 11.8 Å². The lowest BCUT2D eigenvalue weighted by Gasteiger charge is -2.24. The van der Waals surface area contributed by atoms with Crippen molar-refractivity contribution in [1.29, 1.82) is 0 Å². The zero-order valence-corrected chi connectivity index (χ0v) is 11.4. The van der Waals surface area contributed by atoms with E-state index in [1.165, 1.54) is 19.3 Å². The predicted molar refractivity (Wildman–Crippen MR) is 64.9 cm³/mol. The molecule has 0 radical (unpaired) electrons. The molecular formula is C12H23BrO. The molecule has 2 unspecified atom stereocenters. The Morgan fingerprint density at radius 1 is 1.43 bits per heavy atom. The van der Waals surface area contributed by atoms with Gasteiger partial charge in [0.2, 0.25) is 0 Å². The second-order valence-corrected chi connectivity index (χ2v) is 6.08. The van der Waals surface area contributed by atoms with Gasteiger partial charge in [-0.25, -0.2) is 0 Å². The van der Waals surface area contributed by atoms with Gasteiger partial charge in [-0.05, 0) is 44.9 Å². The van der Waals surface area contributed by atoms with Crippen molar-refractivity contribution in [1.82, 2.24) is 0 Å². The van der Waals surface area contributed by atoms with Crippen molar-refractivity contribution in [3.8, 4) is 0 Å². The van der Waals surface area contributed by atoms with Crippen molar-refractivity contribution < 1.29 is 4.74 Å². The molecule has 1 rings (SSSR count). The maximum absolute atomic E-state index is 6.01. The minimum absolute atomic E-state index is 0.124. The Morgan fingerprint density at radius 3 is 2.43 bits per heavy atom. The molecule has 1 aliphatic rings. The van der Waals surface area contributed by atoms with E-state index < -0.39 is 0 Å². The van der Waals surface area contributed by atoms with Crippen molar-refractivity contribution in [3.63, 3.8) is 0 Å². The number of hydrogen-bond donors (Lipinski definition) is 0. The molecule has 1 saturated heterocycles. The summed E-state index contributed by atoms with van der Waals surface area (Å²) in [7, 11) is 0. The first-order valence-electron chi connectivity index (χ1n) is 5.68. The third-order valence-corrected chi connectivity index (χ3v) is 4.09. The highest BCUT2D eigenvalue weighted by Crippen LogP contribution is 2.34.